The van der Waals surface area contributed by atoms with Crippen molar-refractivity contribution in [1.82, 2.24) is 4.90 Å². The van der Waals surface area contributed by atoms with Gasteiger partial charge in [0.2, 0.25) is 0 Å². The first-order chi connectivity index (χ1) is 7.15. The number of amidine groups is 1. The predicted octanol–water partition coefficient (Wildman–Crippen LogP) is 1.82. The molecular weight excluding hydrogens is 192 g/mol. The number of hydrogen-bond donors (Lipinski definition) is 0. The monoisotopic (exact) mass is 212 g/mol. The Kier molecular flexibility index (Phi) is 7.32. The Morgan fingerprint density at radius 3 is 2.40 bits per heavy atom. The van der Waals surface area contributed by atoms with Gasteiger partial charge in [-0.1, -0.05) is 0 Å². The lowest BCUT2D eigenvalue weighted by atomic mass is 10.4. The maximum Gasteiger partial charge on any atom is 0.332 e. The first-order valence-corrected chi connectivity index (χ1v) is 5.28. The highest BCUT2D eigenvalue weighted by Crippen LogP contribution is 1.92. The summed E-state index contributed by atoms with van der Waals surface area (Å²) >= 11 is 0. The zero-order valence-corrected chi connectivity index (χ0v) is 9.99. The van der Waals surface area contributed by atoms with Crippen LogP contribution >= 0.6 is 0 Å². The summed E-state index contributed by atoms with van der Waals surface area (Å²) < 4.78 is 4.73. The topological polar surface area (TPSA) is 41.9 Å². The van der Waals surface area contributed by atoms with Crippen LogP contribution < -0.4 is 0 Å². The van der Waals surface area contributed by atoms with Crippen molar-refractivity contribution in [2.45, 2.75) is 27.7 Å². The fraction of sp³-hybridized carbons (Fsp3) is 0.636. The smallest absolute Gasteiger partial charge is 0.332 e. The molecule has 0 aromatic heterocycles. The number of hydrogen-bond acceptors (Lipinski definition) is 3. The lowest BCUT2D eigenvalue weighted by Crippen LogP contribution is -2.27. The standard InChI is InChI=1S/C11H20N2O2/c1-5-13(6-2)10(4)12-9-8-11(14)15-7-3/h8-9H,5-7H2,1-4H3/b9-8+,12-10?. The molecule has 0 aromatic rings. The predicted molar refractivity (Wildman–Crippen MR) is 61.8 cm³/mol. The van der Waals surface area contributed by atoms with Gasteiger partial charge < -0.3 is 9.64 Å². The fourth-order valence-corrected chi connectivity index (χ4v) is 1.16. The molecule has 0 saturated heterocycles. The van der Waals surface area contributed by atoms with Gasteiger partial charge >= 0.3 is 5.97 Å². The fourth-order valence-electron chi connectivity index (χ4n) is 1.16. The zero-order chi connectivity index (χ0) is 11.7. The van der Waals surface area contributed by atoms with Crippen molar-refractivity contribution in [3.05, 3.63) is 12.3 Å². The van der Waals surface area contributed by atoms with E-state index in [0.717, 1.165) is 18.9 Å². The van der Waals surface area contributed by atoms with E-state index in [9.17, 15) is 4.79 Å². The summed E-state index contributed by atoms with van der Waals surface area (Å²) in [6.45, 7) is 10.0. The summed E-state index contributed by atoms with van der Waals surface area (Å²) in [6.07, 6.45) is 2.81. The second kappa shape index (κ2) is 8.03. The molecule has 0 bridgehead atoms. The molecule has 0 aliphatic carbocycles. The Balaban J connectivity index is 4.19. The minimum atomic E-state index is -0.353. The second-order valence-electron chi connectivity index (χ2n) is 2.92. The van der Waals surface area contributed by atoms with Crippen LogP contribution in [-0.4, -0.2) is 36.4 Å². The number of ether oxygens (including phenoxy) is 1. The van der Waals surface area contributed by atoms with E-state index in [4.69, 9.17) is 4.74 Å². The summed E-state index contributed by atoms with van der Waals surface area (Å²) in [4.78, 5) is 17.2. The van der Waals surface area contributed by atoms with Crippen molar-refractivity contribution in [2.75, 3.05) is 19.7 Å². The van der Waals surface area contributed by atoms with Crippen LogP contribution in [0.2, 0.25) is 0 Å². The first kappa shape index (κ1) is 13.7. The van der Waals surface area contributed by atoms with Crippen LogP contribution in [-0.2, 0) is 9.53 Å². The number of aliphatic imine (C=N–C) groups is 1. The van der Waals surface area contributed by atoms with Gasteiger partial charge in [-0.2, -0.15) is 0 Å². The number of esters is 1. The van der Waals surface area contributed by atoms with E-state index in [1.54, 1.807) is 6.92 Å². The van der Waals surface area contributed by atoms with Crippen LogP contribution in [0.4, 0.5) is 0 Å². The summed E-state index contributed by atoms with van der Waals surface area (Å²) in [5.74, 6) is 0.550. The van der Waals surface area contributed by atoms with Crippen LogP contribution in [0.1, 0.15) is 27.7 Å². The van der Waals surface area contributed by atoms with Crippen molar-refractivity contribution < 1.29 is 9.53 Å². The van der Waals surface area contributed by atoms with Gasteiger partial charge in [0.25, 0.3) is 0 Å². The lowest BCUT2D eigenvalue weighted by Gasteiger charge is -2.19. The van der Waals surface area contributed by atoms with E-state index in [-0.39, 0.29) is 5.97 Å². The van der Waals surface area contributed by atoms with Crippen molar-refractivity contribution in [3.8, 4) is 0 Å². The number of nitrogens with zero attached hydrogens (tertiary/aromatic N) is 2. The highest BCUT2D eigenvalue weighted by atomic mass is 16.5. The molecule has 0 spiro atoms. The SMILES string of the molecule is CCOC(=O)/C=C/N=C(C)N(CC)CC. The first-order valence-electron chi connectivity index (χ1n) is 5.28. The van der Waals surface area contributed by atoms with Crippen LogP contribution in [0.15, 0.2) is 17.3 Å². The number of carbonyl (C=O) groups excluding carboxylic acids is 1. The molecule has 15 heavy (non-hydrogen) atoms. The molecule has 0 unspecified atom stereocenters. The van der Waals surface area contributed by atoms with Crippen molar-refractivity contribution in [1.29, 1.82) is 0 Å². The minimum absolute atomic E-state index is 0.353. The molecule has 0 aliphatic rings. The van der Waals surface area contributed by atoms with E-state index >= 15 is 0 Å². The molecule has 0 radical (unpaired) electrons. The van der Waals surface area contributed by atoms with Gasteiger partial charge in [0.1, 0.15) is 5.84 Å². The molecule has 4 nitrogen and oxygen atoms in total. The summed E-state index contributed by atoms with van der Waals surface area (Å²) in [5.41, 5.74) is 0. The van der Waals surface area contributed by atoms with Gasteiger partial charge in [0.05, 0.1) is 6.61 Å². The van der Waals surface area contributed by atoms with Crippen LogP contribution in [0, 0.1) is 0 Å². The molecule has 0 heterocycles. The highest BCUT2D eigenvalue weighted by Gasteiger charge is 1.99. The lowest BCUT2D eigenvalue weighted by molar-refractivity contribution is -0.137. The Morgan fingerprint density at radius 1 is 1.33 bits per heavy atom. The molecule has 0 rings (SSSR count). The molecule has 86 valence electrons. The van der Waals surface area contributed by atoms with Gasteiger partial charge in [0.15, 0.2) is 0 Å². The largest absolute Gasteiger partial charge is 0.463 e. The van der Waals surface area contributed by atoms with Crippen molar-refractivity contribution in [3.63, 3.8) is 0 Å². The van der Waals surface area contributed by atoms with Gasteiger partial charge in [-0.3, -0.25) is 0 Å². The van der Waals surface area contributed by atoms with Crippen LogP contribution in [0.5, 0.6) is 0 Å². The molecule has 0 N–H and O–H groups in total. The Morgan fingerprint density at radius 2 is 1.93 bits per heavy atom. The van der Waals surface area contributed by atoms with E-state index < -0.39 is 0 Å². The average molecular weight is 212 g/mol. The van der Waals surface area contributed by atoms with Crippen LogP contribution in [0.25, 0.3) is 0 Å². The average Bonchev–Trinajstić information content (AvgIpc) is 2.20. The van der Waals surface area contributed by atoms with Gasteiger partial charge in [-0.05, 0) is 27.7 Å². The van der Waals surface area contributed by atoms with Crippen LogP contribution in [0.3, 0.4) is 0 Å². The highest BCUT2D eigenvalue weighted by molar-refractivity contribution is 5.83. The molecule has 0 aromatic carbocycles. The van der Waals surface area contributed by atoms with Crippen molar-refractivity contribution in [2.24, 2.45) is 4.99 Å². The third-order valence-corrected chi connectivity index (χ3v) is 1.98. The van der Waals surface area contributed by atoms with Gasteiger partial charge in [0, 0.05) is 25.4 Å². The van der Waals surface area contributed by atoms with Crippen molar-refractivity contribution >= 4 is 11.8 Å². The third kappa shape index (κ3) is 5.88. The molecule has 0 atom stereocenters. The maximum atomic E-state index is 10.9. The summed E-state index contributed by atoms with van der Waals surface area (Å²) in [6, 6.07) is 0. The maximum absolute atomic E-state index is 10.9. The van der Waals surface area contributed by atoms with E-state index in [0.29, 0.717) is 6.61 Å². The Bertz CT molecular complexity index is 243. The molecule has 0 aliphatic heterocycles. The summed E-state index contributed by atoms with van der Waals surface area (Å²) in [5, 5.41) is 0. The second-order valence-corrected chi connectivity index (χ2v) is 2.92. The van der Waals surface area contributed by atoms with Gasteiger partial charge in [-0.15, -0.1) is 0 Å². The summed E-state index contributed by atoms with van der Waals surface area (Å²) in [7, 11) is 0. The number of rotatable bonds is 5. The molecule has 0 fully saturated rings. The third-order valence-electron chi connectivity index (χ3n) is 1.98. The van der Waals surface area contributed by atoms with E-state index in [1.807, 2.05) is 6.92 Å². The Labute approximate surface area is 91.6 Å². The van der Waals surface area contributed by atoms with Gasteiger partial charge in [-0.25, -0.2) is 9.79 Å². The minimum Gasteiger partial charge on any atom is -0.463 e. The molecule has 4 heteroatoms. The van der Waals surface area contributed by atoms with E-state index in [1.165, 1.54) is 12.3 Å². The number of carbonyl (C=O) groups is 1. The quantitative estimate of drug-likeness (QED) is 0.302. The zero-order valence-electron chi connectivity index (χ0n) is 9.99. The normalized spacial score (nSPS) is 11.9. The van der Waals surface area contributed by atoms with E-state index in [2.05, 4.69) is 23.7 Å². The molecule has 0 amide bonds. The molecule has 0 saturated carbocycles. The Hall–Kier alpha value is -1.32. The molecular formula is C11H20N2O2.